The molecule has 3 aliphatic rings. The molecule has 0 amide bonds. The summed E-state index contributed by atoms with van der Waals surface area (Å²) in [4.78, 5) is 15.6. The summed E-state index contributed by atoms with van der Waals surface area (Å²) >= 11 is 0. The van der Waals surface area contributed by atoms with Gasteiger partial charge in [-0.1, -0.05) is 23.3 Å². The molecular formula is C26H35NO4. The van der Waals surface area contributed by atoms with E-state index in [1.165, 1.54) is 16.7 Å². The summed E-state index contributed by atoms with van der Waals surface area (Å²) in [5.74, 6) is 2.66. The Bertz CT molecular complexity index is 897. The van der Waals surface area contributed by atoms with Crippen LogP contribution in [-0.2, 0) is 11.2 Å². The van der Waals surface area contributed by atoms with Crippen molar-refractivity contribution >= 4 is 5.78 Å². The van der Waals surface area contributed by atoms with Gasteiger partial charge in [0.15, 0.2) is 11.5 Å². The molecule has 2 heterocycles. The molecule has 0 aromatic heterocycles. The lowest BCUT2D eigenvalue weighted by Crippen LogP contribution is -2.35. The molecule has 1 aromatic carbocycles. The minimum absolute atomic E-state index is 0.0174. The maximum absolute atomic E-state index is 13.3. The van der Waals surface area contributed by atoms with Gasteiger partial charge in [-0.25, -0.2) is 0 Å². The minimum Gasteiger partial charge on any atom is -0.492 e. The van der Waals surface area contributed by atoms with E-state index >= 15 is 0 Å². The molecule has 0 fully saturated rings. The Morgan fingerprint density at radius 3 is 2.84 bits per heavy atom. The van der Waals surface area contributed by atoms with Gasteiger partial charge in [0.05, 0.1) is 7.11 Å². The molecule has 4 rings (SSSR count). The Balaban J connectivity index is 1.47. The number of benzene rings is 1. The third-order valence-electron chi connectivity index (χ3n) is 6.92. The van der Waals surface area contributed by atoms with Crippen LogP contribution in [0.2, 0.25) is 0 Å². The lowest BCUT2D eigenvalue weighted by molar-refractivity contribution is -0.124. The highest BCUT2D eigenvalue weighted by Crippen LogP contribution is 2.50. The molecule has 1 aromatic rings. The van der Waals surface area contributed by atoms with Crippen molar-refractivity contribution in [3.05, 3.63) is 40.5 Å². The molecule has 0 saturated carbocycles. The quantitative estimate of drug-likeness (QED) is 0.549. The molecular weight excluding hydrogens is 390 g/mol. The first-order chi connectivity index (χ1) is 15.0. The standard InChI is InChI=1S/C26H35NO4/c1-17(2)6-5-7-18-8-10-19(11-9-18)22(28)15-21-24-20(12-13-27(21)3)14-23-25(26(24)29-4)31-16-30-23/h6,8,14,19,21H,5,7,9-13,15-16H2,1-4H3/t19-,21+/m1/s1. The van der Waals surface area contributed by atoms with Gasteiger partial charge in [-0.15, -0.1) is 0 Å². The molecule has 0 radical (unpaired) electrons. The first-order valence-electron chi connectivity index (χ1n) is 11.5. The summed E-state index contributed by atoms with van der Waals surface area (Å²) < 4.78 is 17.1. The second-order valence-corrected chi connectivity index (χ2v) is 9.29. The number of carbonyl (C=O) groups excluding carboxylic acids is 1. The molecule has 2 aliphatic heterocycles. The number of ether oxygens (including phenoxy) is 3. The third kappa shape index (κ3) is 4.67. The lowest BCUT2D eigenvalue weighted by Gasteiger charge is -2.36. The zero-order chi connectivity index (χ0) is 22.0. The van der Waals surface area contributed by atoms with Crippen molar-refractivity contribution in [3.63, 3.8) is 0 Å². The van der Waals surface area contributed by atoms with E-state index in [0.717, 1.165) is 62.1 Å². The smallest absolute Gasteiger partial charge is 0.231 e. The molecule has 0 N–H and O–H groups in total. The van der Waals surface area contributed by atoms with Crippen molar-refractivity contribution in [2.24, 2.45) is 5.92 Å². The van der Waals surface area contributed by atoms with Crippen LogP contribution in [0.15, 0.2) is 29.4 Å². The second-order valence-electron chi connectivity index (χ2n) is 9.29. The van der Waals surface area contributed by atoms with E-state index in [-0.39, 0.29) is 18.8 Å². The van der Waals surface area contributed by atoms with Crippen LogP contribution in [-0.4, -0.2) is 38.2 Å². The van der Waals surface area contributed by atoms with E-state index in [1.54, 1.807) is 7.11 Å². The highest BCUT2D eigenvalue weighted by atomic mass is 16.7. The van der Waals surface area contributed by atoms with Crippen LogP contribution < -0.4 is 14.2 Å². The van der Waals surface area contributed by atoms with Crippen molar-refractivity contribution in [1.82, 2.24) is 4.90 Å². The number of nitrogens with zero attached hydrogens (tertiary/aromatic N) is 1. The molecule has 168 valence electrons. The highest BCUT2D eigenvalue weighted by Gasteiger charge is 2.36. The average Bonchev–Trinajstić information content (AvgIpc) is 3.22. The first-order valence-corrected chi connectivity index (χ1v) is 11.5. The molecule has 31 heavy (non-hydrogen) atoms. The van der Waals surface area contributed by atoms with Gasteiger partial charge in [-0.2, -0.15) is 0 Å². The van der Waals surface area contributed by atoms with Crippen LogP contribution in [0.3, 0.4) is 0 Å². The monoisotopic (exact) mass is 425 g/mol. The number of allylic oxidation sites excluding steroid dienone is 4. The van der Waals surface area contributed by atoms with Crippen molar-refractivity contribution in [2.45, 2.75) is 64.8 Å². The maximum atomic E-state index is 13.3. The van der Waals surface area contributed by atoms with E-state index in [0.29, 0.717) is 18.0 Å². The van der Waals surface area contributed by atoms with E-state index < -0.39 is 0 Å². The Labute approximate surface area is 186 Å². The number of Topliss-reactive ketones (excluding diaryl/α,β-unsaturated/α-hetero) is 1. The highest BCUT2D eigenvalue weighted by molar-refractivity contribution is 5.82. The summed E-state index contributed by atoms with van der Waals surface area (Å²) in [5, 5.41) is 0. The summed E-state index contributed by atoms with van der Waals surface area (Å²) in [5.41, 5.74) is 5.19. The number of ketones is 1. The van der Waals surface area contributed by atoms with Gasteiger partial charge in [-0.3, -0.25) is 9.69 Å². The Morgan fingerprint density at radius 1 is 1.29 bits per heavy atom. The largest absolute Gasteiger partial charge is 0.492 e. The molecule has 5 heteroatoms. The Hall–Kier alpha value is -2.27. The fraction of sp³-hybridized carbons (Fsp3) is 0.577. The molecule has 5 nitrogen and oxygen atoms in total. The third-order valence-corrected chi connectivity index (χ3v) is 6.92. The summed E-state index contributed by atoms with van der Waals surface area (Å²) in [6, 6.07) is 2.09. The van der Waals surface area contributed by atoms with Gasteiger partial charge in [0.1, 0.15) is 5.78 Å². The van der Waals surface area contributed by atoms with Crippen LogP contribution in [0.25, 0.3) is 0 Å². The van der Waals surface area contributed by atoms with E-state index in [1.807, 2.05) is 0 Å². The summed E-state index contributed by atoms with van der Waals surface area (Å²) in [6.07, 6.45) is 11.2. The number of carbonyl (C=O) groups is 1. The Kier molecular flexibility index (Phi) is 6.71. The number of hydrogen-bond donors (Lipinski definition) is 0. The first kappa shape index (κ1) is 21.9. The van der Waals surface area contributed by atoms with E-state index in [9.17, 15) is 4.79 Å². The van der Waals surface area contributed by atoms with Gasteiger partial charge >= 0.3 is 0 Å². The molecule has 0 saturated heterocycles. The minimum atomic E-state index is 0.0174. The zero-order valence-electron chi connectivity index (χ0n) is 19.3. The number of likely N-dealkylation sites (N-methyl/N-ethyl adjacent to an activating group) is 1. The van der Waals surface area contributed by atoms with Crippen LogP contribution in [0.4, 0.5) is 0 Å². The Morgan fingerprint density at radius 2 is 2.13 bits per heavy atom. The predicted octanol–water partition coefficient (Wildman–Crippen LogP) is 5.39. The molecule has 0 spiro atoms. The average molecular weight is 426 g/mol. The SMILES string of the molecule is COc1c2c(cc3c1[C@H](CC(=O)[C@@H]1CC=C(CCC=C(C)C)CC1)N(C)CC3)OCO2. The second kappa shape index (κ2) is 9.47. The van der Waals surface area contributed by atoms with Gasteiger partial charge < -0.3 is 14.2 Å². The van der Waals surface area contributed by atoms with Gasteiger partial charge in [0.2, 0.25) is 12.5 Å². The maximum Gasteiger partial charge on any atom is 0.231 e. The van der Waals surface area contributed by atoms with Gasteiger partial charge in [0.25, 0.3) is 0 Å². The number of methoxy groups -OCH3 is 1. The topological polar surface area (TPSA) is 48.0 Å². The molecule has 2 atom stereocenters. The summed E-state index contributed by atoms with van der Waals surface area (Å²) in [6.45, 7) is 5.44. The van der Waals surface area contributed by atoms with Crippen molar-refractivity contribution in [1.29, 1.82) is 0 Å². The van der Waals surface area contributed by atoms with Crippen molar-refractivity contribution in [3.8, 4) is 17.2 Å². The fourth-order valence-corrected chi connectivity index (χ4v) is 5.09. The van der Waals surface area contributed by atoms with E-state index in [2.05, 4.69) is 44.0 Å². The number of rotatable bonds is 7. The van der Waals surface area contributed by atoms with E-state index in [4.69, 9.17) is 14.2 Å². The number of fused-ring (bicyclic) bond motifs is 2. The molecule has 0 unspecified atom stereocenters. The fourth-order valence-electron chi connectivity index (χ4n) is 5.09. The molecule has 1 aliphatic carbocycles. The normalized spacial score (nSPS) is 22.5. The van der Waals surface area contributed by atoms with Crippen LogP contribution in [0.1, 0.15) is 69.5 Å². The van der Waals surface area contributed by atoms with Crippen LogP contribution in [0, 0.1) is 5.92 Å². The van der Waals surface area contributed by atoms with Gasteiger partial charge in [0, 0.05) is 30.5 Å². The van der Waals surface area contributed by atoms with Crippen molar-refractivity contribution < 1.29 is 19.0 Å². The zero-order valence-corrected chi connectivity index (χ0v) is 19.3. The van der Waals surface area contributed by atoms with Crippen LogP contribution in [0.5, 0.6) is 17.2 Å². The van der Waals surface area contributed by atoms with Crippen molar-refractivity contribution in [2.75, 3.05) is 27.5 Å². The molecule has 0 bridgehead atoms. The lowest BCUT2D eigenvalue weighted by atomic mass is 9.81. The van der Waals surface area contributed by atoms with Gasteiger partial charge in [-0.05, 0) is 71.0 Å². The summed E-state index contributed by atoms with van der Waals surface area (Å²) in [7, 11) is 3.78. The number of hydrogen-bond acceptors (Lipinski definition) is 5. The predicted molar refractivity (Wildman–Crippen MR) is 122 cm³/mol. The van der Waals surface area contributed by atoms with Crippen LogP contribution >= 0.6 is 0 Å².